The third-order valence-corrected chi connectivity index (χ3v) is 2.36. The van der Waals surface area contributed by atoms with Gasteiger partial charge in [0.25, 0.3) is 0 Å². The Hall–Kier alpha value is -0.570. The number of unbranched alkanes of at least 4 members (excludes halogenated alkanes) is 1. The molecule has 2 atom stereocenters. The van der Waals surface area contributed by atoms with Gasteiger partial charge >= 0.3 is 5.97 Å². The second kappa shape index (κ2) is 6.00. The molecule has 0 saturated heterocycles. The quantitative estimate of drug-likeness (QED) is 0.598. The van der Waals surface area contributed by atoms with Gasteiger partial charge in [0.15, 0.2) is 0 Å². The zero-order valence-corrected chi connectivity index (χ0v) is 7.92. The SMILES string of the molecule is CC(CCCCN)C(C)C(=O)O. The van der Waals surface area contributed by atoms with E-state index in [4.69, 9.17) is 10.8 Å². The van der Waals surface area contributed by atoms with Crippen molar-refractivity contribution in [2.75, 3.05) is 6.54 Å². The molecule has 0 rings (SSSR count). The first kappa shape index (κ1) is 11.4. The van der Waals surface area contributed by atoms with Crippen LogP contribution in [0.1, 0.15) is 33.1 Å². The van der Waals surface area contributed by atoms with Crippen molar-refractivity contribution in [3.63, 3.8) is 0 Å². The highest BCUT2D eigenvalue weighted by Gasteiger charge is 2.18. The predicted molar refractivity (Wildman–Crippen MR) is 48.9 cm³/mol. The standard InChI is InChI=1S/C9H19NO2/c1-7(5-3-4-6-10)8(2)9(11)12/h7-8H,3-6,10H2,1-2H3,(H,11,12). The van der Waals surface area contributed by atoms with E-state index >= 15 is 0 Å². The Labute approximate surface area is 74.0 Å². The highest BCUT2D eigenvalue weighted by atomic mass is 16.4. The predicted octanol–water partition coefficient (Wildman–Crippen LogP) is 1.47. The van der Waals surface area contributed by atoms with Crippen molar-refractivity contribution < 1.29 is 9.90 Å². The molecule has 0 aliphatic heterocycles. The molecule has 0 aromatic carbocycles. The Morgan fingerprint density at radius 3 is 2.42 bits per heavy atom. The molecular weight excluding hydrogens is 154 g/mol. The minimum atomic E-state index is -0.699. The zero-order valence-electron chi connectivity index (χ0n) is 7.92. The fourth-order valence-corrected chi connectivity index (χ4v) is 1.10. The molecule has 0 radical (unpaired) electrons. The molecule has 0 aliphatic rings. The van der Waals surface area contributed by atoms with Crippen molar-refractivity contribution in [1.29, 1.82) is 0 Å². The molecule has 0 saturated carbocycles. The van der Waals surface area contributed by atoms with E-state index in [0.29, 0.717) is 6.54 Å². The summed E-state index contributed by atoms with van der Waals surface area (Å²) in [6.07, 6.45) is 3.00. The Balaban J connectivity index is 3.56. The van der Waals surface area contributed by atoms with E-state index in [-0.39, 0.29) is 11.8 Å². The first-order valence-electron chi connectivity index (χ1n) is 4.52. The maximum absolute atomic E-state index is 10.5. The number of carbonyl (C=O) groups is 1. The van der Waals surface area contributed by atoms with Crippen LogP contribution in [0, 0.1) is 11.8 Å². The molecule has 2 unspecified atom stereocenters. The Morgan fingerprint density at radius 2 is 2.00 bits per heavy atom. The lowest BCUT2D eigenvalue weighted by atomic mass is 9.91. The lowest BCUT2D eigenvalue weighted by molar-refractivity contribution is -0.142. The fourth-order valence-electron chi connectivity index (χ4n) is 1.10. The van der Waals surface area contributed by atoms with Crippen molar-refractivity contribution >= 4 is 5.97 Å². The van der Waals surface area contributed by atoms with Crippen molar-refractivity contribution in [3.05, 3.63) is 0 Å². The summed E-state index contributed by atoms with van der Waals surface area (Å²) in [4.78, 5) is 10.5. The molecule has 0 aromatic heterocycles. The van der Waals surface area contributed by atoms with Crippen molar-refractivity contribution in [3.8, 4) is 0 Å². The minimum Gasteiger partial charge on any atom is -0.481 e. The van der Waals surface area contributed by atoms with Gasteiger partial charge in [0, 0.05) is 0 Å². The van der Waals surface area contributed by atoms with E-state index in [1.165, 1.54) is 0 Å². The number of rotatable bonds is 6. The van der Waals surface area contributed by atoms with Gasteiger partial charge in [-0.15, -0.1) is 0 Å². The van der Waals surface area contributed by atoms with Crippen LogP contribution in [0.4, 0.5) is 0 Å². The van der Waals surface area contributed by atoms with E-state index in [2.05, 4.69) is 0 Å². The number of hydrogen-bond donors (Lipinski definition) is 2. The maximum atomic E-state index is 10.5. The van der Waals surface area contributed by atoms with Crippen molar-refractivity contribution in [1.82, 2.24) is 0 Å². The van der Waals surface area contributed by atoms with Gasteiger partial charge in [0.2, 0.25) is 0 Å². The van der Waals surface area contributed by atoms with Crippen LogP contribution in [0.25, 0.3) is 0 Å². The fraction of sp³-hybridized carbons (Fsp3) is 0.889. The van der Waals surface area contributed by atoms with Gasteiger partial charge in [-0.3, -0.25) is 4.79 Å². The third kappa shape index (κ3) is 4.34. The van der Waals surface area contributed by atoms with Crippen LogP contribution in [0.5, 0.6) is 0 Å². The van der Waals surface area contributed by atoms with Gasteiger partial charge in [-0.05, 0) is 25.3 Å². The van der Waals surface area contributed by atoms with Crippen molar-refractivity contribution in [2.24, 2.45) is 17.6 Å². The van der Waals surface area contributed by atoms with Crippen LogP contribution in [-0.2, 0) is 4.79 Å². The molecule has 0 aliphatic carbocycles. The lowest BCUT2D eigenvalue weighted by Gasteiger charge is -2.14. The smallest absolute Gasteiger partial charge is 0.306 e. The Bertz CT molecular complexity index is 136. The number of carboxylic acids is 1. The second-order valence-corrected chi connectivity index (χ2v) is 3.39. The first-order chi connectivity index (χ1) is 5.59. The van der Waals surface area contributed by atoms with Crippen LogP contribution < -0.4 is 5.73 Å². The molecule has 0 amide bonds. The van der Waals surface area contributed by atoms with Gasteiger partial charge < -0.3 is 10.8 Å². The molecule has 0 spiro atoms. The van der Waals surface area contributed by atoms with Crippen LogP contribution in [0.2, 0.25) is 0 Å². The average Bonchev–Trinajstić information content (AvgIpc) is 2.03. The number of nitrogens with two attached hydrogens (primary N) is 1. The second-order valence-electron chi connectivity index (χ2n) is 3.39. The third-order valence-electron chi connectivity index (χ3n) is 2.36. The molecule has 0 fully saturated rings. The van der Waals surface area contributed by atoms with Crippen LogP contribution in [0.15, 0.2) is 0 Å². The Kier molecular flexibility index (Phi) is 5.72. The summed E-state index contributed by atoms with van der Waals surface area (Å²) < 4.78 is 0. The molecule has 0 aromatic rings. The maximum Gasteiger partial charge on any atom is 0.306 e. The largest absolute Gasteiger partial charge is 0.481 e. The number of hydrogen-bond acceptors (Lipinski definition) is 2. The lowest BCUT2D eigenvalue weighted by Crippen LogP contribution is -2.18. The summed E-state index contributed by atoms with van der Waals surface area (Å²) in [6, 6.07) is 0. The molecule has 72 valence electrons. The average molecular weight is 173 g/mol. The van der Waals surface area contributed by atoms with Crippen LogP contribution >= 0.6 is 0 Å². The molecule has 12 heavy (non-hydrogen) atoms. The summed E-state index contributed by atoms with van der Waals surface area (Å²) in [6.45, 7) is 4.44. The van der Waals surface area contributed by atoms with Gasteiger partial charge in [0.1, 0.15) is 0 Å². The summed E-state index contributed by atoms with van der Waals surface area (Å²) in [7, 11) is 0. The van der Waals surface area contributed by atoms with E-state index in [1.54, 1.807) is 6.92 Å². The zero-order chi connectivity index (χ0) is 9.56. The van der Waals surface area contributed by atoms with Gasteiger partial charge in [0.05, 0.1) is 5.92 Å². The highest BCUT2D eigenvalue weighted by molar-refractivity contribution is 5.69. The molecule has 3 heteroatoms. The molecule has 3 nitrogen and oxygen atoms in total. The van der Waals surface area contributed by atoms with Crippen LogP contribution in [-0.4, -0.2) is 17.6 Å². The van der Waals surface area contributed by atoms with Crippen molar-refractivity contribution in [2.45, 2.75) is 33.1 Å². The van der Waals surface area contributed by atoms with E-state index < -0.39 is 5.97 Å². The monoisotopic (exact) mass is 173 g/mol. The molecule has 3 N–H and O–H groups in total. The van der Waals surface area contributed by atoms with Gasteiger partial charge in [-0.25, -0.2) is 0 Å². The van der Waals surface area contributed by atoms with Gasteiger partial charge in [-0.1, -0.05) is 20.3 Å². The highest BCUT2D eigenvalue weighted by Crippen LogP contribution is 2.17. The van der Waals surface area contributed by atoms with Crippen LogP contribution in [0.3, 0.4) is 0 Å². The minimum absolute atomic E-state index is 0.234. The Morgan fingerprint density at radius 1 is 1.42 bits per heavy atom. The van der Waals surface area contributed by atoms with Gasteiger partial charge in [-0.2, -0.15) is 0 Å². The summed E-state index contributed by atoms with van der Waals surface area (Å²) in [5.41, 5.74) is 5.33. The first-order valence-corrected chi connectivity index (χ1v) is 4.52. The molecule has 0 heterocycles. The topological polar surface area (TPSA) is 63.3 Å². The van der Waals surface area contributed by atoms with E-state index in [0.717, 1.165) is 19.3 Å². The van der Waals surface area contributed by atoms with E-state index in [9.17, 15) is 4.79 Å². The van der Waals surface area contributed by atoms with E-state index in [1.807, 2.05) is 6.92 Å². The normalized spacial score (nSPS) is 15.6. The summed E-state index contributed by atoms with van der Waals surface area (Å²) in [5.74, 6) is -0.674. The summed E-state index contributed by atoms with van der Waals surface area (Å²) >= 11 is 0. The number of carboxylic acid groups (broad SMARTS) is 1. The number of aliphatic carboxylic acids is 1. The molecule has 0 bridgehead atoms. The summed E-state index contributed by atoms with van der Waals surface area (Å²) in [5, 5.41) is 8.68. The molecular formula is C9H19NO2.